The van der Waals surface area contributed by atoms with Gasteiger partial charge in [-0.1, -0.05) is 6.07 Å². The van der Waals surface area contributed by atoms with E-state index in [1.165, 1.54) is 5.56 Å². The Kier molecular flexibility index (Phi) is 9.86. The van der Waals surface area contributed by atoms with Crippen LogP contribution in [-0.2, 0) is 11.3 Å². The Labute approximate surface area is 215 Å². The van der Waals surface area contributed by atoms with Gasteiger partial charge in [0.25, 0.3) is 0 Å². The monoisotopic (exact) mass is 497 g/mol. The third-order valence-electron chi connectivity index (χ3n) is 7.29. The molecule has 1 aliphatic carbocycles. The van der Waals surface area contributed by atoms with E-state index in [-0.39, 0.29) is 18.2 Å². The molecule has 0 aromatic carbocycles. The first kappa shape index (κ1) is 26.7. The third-order valence-corrected chi connectivity index (χ3v) is 7.29. The summed E-state index contributed by atoms with van der Waals surface area (Å²) in [5.74, 6) is 1.42. The predicted molar refractivity (Wildman–Crippen MR) is 144 cm³/mol. The van der Waals surface area contributed by atoms with Crippen LogP contribution >= 0.6 is 0 Å². The van der Waals surface area contributed by atoms with Gasteiger partial charge in [-0.3, -0.25) is 9.88 Å². The Morgan fingerprint density at radius 3 is 2.56 bits per heavy atom. The molecule has 0 bridgehead atoms. The molecule has 198 valence electrons. The number of methoxy groups -OCH3 is 1. The highest BCUT2D eigenvalue weighted by molar-refractivity contribution is 5.73. The maximum absolute atomic E-state index is 9.93. The number of aliphatic hydroxyl groups excluding tert-OH is 1. The summed E-state index contributed by atoms with van der Waals surface area (Å²) in [7, 11) is 3.91. The van der Waals surface area contributed by atoms with Crippen LogP contribution in [0.3, 0.4) is 0 Å². The Morgan fingerprint density at radius 1 is 1.08 bits per heavy atom. The Morgan fingerprint density at radius 2 is 1.86 bits per heavy atom. The number of hydrogen-bond acceptors (Lipinski definition) is 9. The van der Waals surface area contributed by atoms with Crippen LogP contribution in [0.15, 0.2) is 24.5 Å². The predicted octanol–water partition coefficient (Wildman–Crippen LogP) is 3.23. The highest BCUT2D eigenvalue weighted by Crippen LogP contribution is 2.29. The van der Waals surface area contributed by atoms with Gasteiger partial charge >= 0.3 is 0 Å². The molecule has 2 aliphatic rings. The first-order valence-electron chi connectivity index (χ1n) is 13.4. The molecule has 1 atom stereocenters. The minimum absolute atomic E-state index is 0.187. The van der Waals surface area contributed by atoms with Gasteiger partial charge in [0.1, 0.15) is 5.82 Å². The molecule has 3 heterocycles. The zero-order chi connectivity index (χ0) is 25.3. The molecular formula is C27H43N7O2. The van der Waals surface area contributed by atoms with E-state index in [4.69, 9.17) is 14.7 Å². The summed E-state index contributed by atoms with van der Waals surface area (Å²) < 4.78 is 5.18. The van der Waals surface area contributed by atoms with E-state index in [9.17, 15) is 5.11 Å². The van der Waals surface area contributed by atoms with Gasteiger partial charge in [0.05, 0.1) is 17.4 Å². The van der Waals surface area contributed by atoms with Crippen molar-refractivity contribution in [1.82, 2.24) is 24.8 Å². The van der Waals surface area contributed by atoms with Crippen molar-refractivity contribution in [3.63, 3.8) is 0 Å². The molecule has 0 amide bonds. The molecule has 1 unspecified atom stereocenters. The Hall–Kier alpha value is -2.33. The topological polar surface area (TPSA) is 98.7 Å². The van der Waals surface area contributed by atoms with Gasteiger partial charge in [-0.2, -0.15) is 4.98 Å². The lowest BCUT2D eigenvalue weighted by atomic mass is 9.93. The van der Waals surface area contributed by atoms with Crippen LogP contribution in [-0.4, -0.2) is 95.0 Å². The summed E-state index contributed by atoms with van der Waals surface area (Å²) in [6, 6.07) is 4.78. The molecule has 1 aliphatic heterocycles. The summed E-state index contributed by atoms with van der Waals surface area (Å²) in [4.78, 5) is 19.2. The van der Waals surface area contributed by atoms with Crippen molar-refractivity contribution >= 4 is 11.8 Å². The fraction of sp³-hybridized carbons (Fsp3) is 0.667. The van der Waals surface area contributed by atoms with Crippen LogP contribution in [0, 0.1) is 0 Å². The molecule has 2 aromatic rings. The van der Waals surface area contributed by atoms with Crippen LogP contribution in [0.5, 0.6) is 0 Å². The number of aliphatic hydroxyl groups is 1. The van der Waals surface area contributed by atoms with Gasteiger partial charge in [-0.25, -0.2) is 4.98 Å². The van der Waals surface area contributed by atoms with Crippen LogP contribution in [0.2, 0.25) is 0 Å². The van der Waals surface area contributed by atoms with E-state index in [0.29, 0.717) is 5.95 Å². The van der Waals surface area contributed by atoms with Gasteiger partial charge in [-0.05, 0) is 64.1 Å². The Balaban J connectivity index is 1.47. The average Bonchev–Trinajstić information content (AvgIpc) is 2.88. The number of likely N-dealkylation sites (N-methyl/N-ethyl adjacent to an activating group) is 1. The van der Waals surface area contributed by atoms with Crippen molar-refractivity contribution < 1.29 is 9.84 Å². The number of piperazine rings is 1. The third kappa shape index (κ3) is 7.83. The molecule has 9 nitrogen and oxygen atoms in total. The van der Waals surface area contributed by atoms with Crippen molar-refractivity contribution in [3.8, 4) is 11.3 Å². The second-order valence-corrected chi connectivity index (χ2v) is 10.4. The number of nitrogens with one attached hydrogen (secondary N) is 2. The molecule has 36 heavy (non-hydrogen) atoms. The SMILES string of the molecule is COCCCC(C)Nc1ncc(-c2ccc(CN3CCN(C)CC3)cn2)c(NC2CCC(O)CC2)n1. The fourth-order valence-corrected chi connectivity index (χ4v) is 4.93. The minimum atomic E-state index is -0.187. The van der Waals surface area contributed by atoms with Crippen molar-refractivity contribution in [1.29, 1.82) is 0 Å². The summed E-state index contributed by atoms with van der Waals surface area (Å²) in [5, 5.41) is 17.0. The molecular weight excluding hydrogens is 454 g/mol. The van der Waals surface area contributed by atoms with Crippen molar-refractivity contribution in [2.75, 3.05) is 57.6 Å². The van der Waals surface area contributed by atoms with Crippen molar-refractivity contribution in [2.45, 2.75) is 70.2 Å². The number of aromatic nitrogens is 3. The van der Waals surface area contributed by atoms with Gasteiger partial charge < -0.3 is 25.4 Å². The van der Waals surface area contributed by atoms with Crippen molar-refractivity contribution in [3.05, 3.63) is 30.1 Å². The number of rotatable bonds is 11. The van der Waals surface area contributed by atoms with E-state index in [2.05, 4.69) is 51.5 Å². The van der Waals surface area contributed by atoms with Gasteiger partial charge in [0.2, 0.25) is 5.95 Å². The summed E-state index contributed by atoms with van der Waals surface area (Å²) >= 11 is 0. The van der Waals surface area contributed by atoms with E-state index in [1.807, 2.05) is 12.4 Å². The second kappa shape index (κ2) is 13.3. The van der Waals surface area contributed by atoms with E-state index >= 15 is 0 Å². The number of hydrogen-bond donors (Lipinski definition) is 3. The summed E-state index contributed by atoms with van der Waals surface area (Å²) in [6.07, 6.45) is 9.14. The molecule has 3 N–H and O–H groups in total. The van der Waals surface area contributed by atoms with Gasteiger partial charge in [0, 0.05) is 70.9 Å². The second-order valence-electron chi connectivity index (χ2n) is 10.4. The lowest BCUT2D eigenvalue weighted by molar-refractivity contribution is 0.126. The number of anilines is 2. The molecule has 2 fully saturated rings. The number of nitrogens with zero attached hydrogens (tertiary/aromatic N) is 5. The summed E-state index contributed by atoms with van der Waals surface area (Å²) in [5.41, 5.74) is 3.00. The molecule has 0 spiro atoms. The van der Waals surface area contributed by atoms with Crippen LogP contribution in [0.4, 0.5) is 11.8 Å². The zero-order valence-corrected chi connectivity index (χ0v) is 22.1. The summed E-state index contributed by atoms with van der Waals surface area (Å²) in [6.45, 7) is 8.23. The maximum Gasteiger partial charge on any atom is 0.224 e. The smallest absolute Gasteiger partial charge is 0.224 e. The average molecular weight is 498 g/mol. The number of ether oxygens (including phenoxy) is 1. The lowest BCUT2D eigenvalue weighted by Gasteiger charge is -2.32. The van der Waals surface area contributed by atoms with Crippen LogP contribution in [0.1, 0.15) is 51.0 Å². The van der Waals surface area contributed by atoms with Gasteiger partial charge in [-0.15, -0.1) is 0 Å². The van der Waals surface area contributed by atoms with Crippen LogP contribution < -0.4 is 10.6 Å². The zero-order valence-electron chi connectivity index (χ0n) is 22.1. The molecule has 1 saturated carbocycles. The number of pyridine rings is 1. The lowest BCUT2D eigenvalue weighted by Crippen LogP contribution is -2.43. The van der Waals surface area contributed by atoms with Crippen LogP contribution in [0.25, 0.3) is 11.3 Å². The van der Waals surface area contributed by atoms with Crippen molar-refractivity contribution in [2.24, 2.45) is 0 Å². The molecule has 0 radical (unpaired) electrons. The van der Waals surface area contributed by atoms with E-state index in [0.717, 1.165) is 94.9 Å². The normalized spacial score (nSPS) is 22.3. The van der Waals surface area contributed by atoms with Gasteiger partial charge in [0.15, 0.2) is 0 Å². The Bertz CT molecular complexity index is 926. The highest BCUT2D eigenvalue weighted by atomic mass is 16.5. The quantitative estimate of drug-likeness (QED) is 0.404. The largest absolute Gasteiger partial charge is 0.393 e. The molecule has 9 heteroatoms. The molecule has 4 rings (SSSR count). The standard InChI is InChI=1S/C27H43N7O2/c1-20(5-4-16-36-3)30-27-29-18-24(26(32-27)31-22-7-9-23(35)10-8-22)25-11-6-21(17-28-25)19-34-14-12-33(2)13-15-34/h6,11,17-18,20,22-23,35H,4-5,7-10,12-16,19H2,1-3H3,(H2,29,30,31,32). The first-order chi connectivity index (χ1) is 17.5. The van der Waals surface area contributed by atoms with E-state index < -0.39 is 0 Å². The van der Waals surface area contributed by atoms with E-state index in [1.54, 1.807) is 7.11 Å². The first-order valence-corrected chi connectivity index (χ1v) is 13.4. The maximum atomic E-state index is 9.93. The minimum Gasteiger partial charge on any atom is -0.393 e. The molecule has 1 saturated heterocycles. The highest BCUT2D eigenvalue weighted by Gasteiger charge is 2.22. The fourth-order valence-electron chi connectivity index (χ4n) is 4.93. The molecule has 2 aromatic heterocycles.